The number of benzene rings is 1. The molecule has 3 nitrogen and oxygen atoms in total. The third-order valence-corrected chi connectivity index (χ3v) is 4.35. The van der Waals surface area contributed by atoms with Gasteiger partial charge in [0.25, 0.3) is 0 Å². The summed E-state index contributed by atoms with van der Waals surface area (Å²) in [7, 11) is 0. The van der Waals surface area contributed by atoms with Crippen molar-refractivity contribution in [2.75, 3.05) is 6.61 Å². The van der Waals surface area contributed by atoms with Crippen LogP contribution < -0.4 is 0 Å². The fourth-order valence-electron chi connectivity index (χ4n) is 2.49. The number of ether oxygens (including phenoxy) is 1. The molecule has 0 aliphatic carbocycles. The molecule has 1 aromatic rings. The summed E-state index contributed by atoms with van der Waals surface area (Å²) < 4.78 is 5.15. The third-order valence-electron chi connectivity index (χ3n) is 4.35. The fourth-order valence-corrected chi connectivity index (χ4v) is 2.49. The molecule has 0 radical (unpaired) electrons. The lowest BCUT2D eigenvalue weighted by Gasteiger charge is -2.13. The van der Waals surface area contributed by atoms with Crippen LogP contribution in [0.5, 0.6) is 0 Å². The zero-order chi connectivity index (χ0) is 16.7. The standard InChI is InChI=1S/C19H28O3/c1-6-7-8-9-10-22-19(21)12-18(20)17-11-13(2)14(3)15(4)16(17)5/h11H,6-10,12H2,1-5H3. The summed E-state index contributed by atoms with van der Waals surface area (Å²) in [6.45, 7) is 10.5. The van der Waals surface area contributed by atoms with Gasteiger partial charge in [-0.1, -0.05) is 26.2 Å². The van der Waals surface area contributed by atoms with E-state index in [-0.39, 0.29) is 12.2 Å². The van der Waals surface area contributed by atoms with E-state index in [0.29, 0.717) is 12.2 Å². The molecule has 0 saturated carbocycles. The lowest BCUT2D eigenvalue weighted by atomic mass is 9.92. The van der Waals surface area contributed by atoms with Crippen LogP contribution in [0.2, 0.25) is 0 Å². The number of rotatable bonds is 8. The molecule has 0 N–H and O–H groups in total. The minimum absolute atomic E-state index is 0.151. The smallest absolute Gasteiger partial charge is 0.313 e. The van der Waals surface area contributed by atoms with Crippen LogP contribution in [-0.2, 0) is 9.53 Å². The summed E-state index contributed by atoms with van der Waals surface area (Å²) in [5.41, 5.74) is 5.01. The molecule has 0 aliphatic heterocycles. The highest BCUT2D eigenvalue weighted by molar-refractivity contribution is 6.07. The van der Waals surface area contributed by atoms with Gasteiger partial charge in [0.1, 0.15) is 6.42 Å². The van der Waals surface area contributed by atoms with Crippen molar-refractivity contribution in [2.24, 2.45) is 0 Å². The van der Waals surface area contributed by atoms with Gasteiger partial charge in [0.15, 0.2) is 5.78 Å². The van der Waals surface area contributed by atoms with Gasteiger partial charge >= 0.3 is 5.97 Å². The molecule has 0 heterocycles. The van der Waals surface area contributed by atoms with Gasteiger partial charge in [-0.05, 0) is 62.4 Å². The molecule has 0 bridgehead atoms. The van der Waals surface area contributed by atoms with Gasteiger partial charge in [0, 0.05) is 5.56 Å². The van der Waals surface area contributed by atoms with Crippen molar-refractivity contribution in [3.8, 4) is 0 Å². The van der Waals surface area contributed by atoms with E-state index in [0.717, 1.165) is 42.4 Å². The van der Waals surface area contributed by atoms with Crippen molar-refractivity contribution < 1.29 is 14.3 Å². The summed E-state index contributed by atoms with van der Waals surface area (Å²) >= 11 is 0. The number of unbranched alkanes of at least 4 members (excludes halogenated alkanes) is 3. The Kier molecular flexibility index (Phi) is 7.30. The maximum atomic E-state index is 12.3. The zero-order valence-corrected chi connectivity index (χ0v) is 14.5. The van der Waals surface area contributed by atoms with E-state index in [2.05, 4.69) is 13.8 Å². The molecule has 0 saturated heterocycles. The Morgan fingerprint density at radius 1 is 0.955 bits per heavy atom. The van der Waals surface area contributed by atoms with Gasteiger partial charge in [-0.25, -0.2) is 0 Å². The quantitative estimate of drug-likeness (QED) is 0.305. The number of esters is 1. The largest absolute Gasteiger partial charge is 0.465 e. The van der Waals surface area contributed by atoms with E-state index in [9.17, 15) is 9.59 Å². The van der Waals surface area contributed by atoms with Crippen LogP contribution in [-0.4, -0.2) is 18.4 Å². The first kappa shape index (κ1) is 18.4. The third kappa shape index (κ3) is 4.97. The highest BCUT2D eigenvalue weighted by atomic mass is 16.5. The SMILES string of the molecule is CCCCCCOC(=O)CC(=O)c1cc(C)c(C)c(C)c1C. The van der Waals surface area contributed by atoms with Crippen LogP contribution in [0.25, 0.3) is 0 Å². The lowest BCUT2D eigenvalue weighted by Crippen LogP contribution is -2.14. The van der Waals surface area contributed by atoms with Gasteiger partial charge in [0.05, 0.1) is 6.61 Å². The second-order valence-electron chi connectivity index (χ2n) is 6.00. The lowest BCUT2D eigenvalue weighted by molar-refractivity contribution is -0.142. The van der Waals surface area contributed by atoms with Crippen molar-refractivity contribution in [3.63, 3.8) is 0 Å². The Morgan fingerprint density at radius 3 is 2.27 bits per heavy atom. The highest BCUT2D eigenvalue weighted by Crippen LogP contribution is 2.22. The summed E-state index contributed by atoms with van der Waals surface area (Å²) in [5.74, 6) is -0.570. The first-order chi connectivity index (χ1) is 10.4. The van der Waals surface area contributed by atoms with Crippen LogP contribution in [0.3, 0.4) is 0 Å². The van der Waals surface area contributed by atoms with Gasteiger partial charge in [-0.2, -0.15) is 0 Å². The van der Waals surface area contributed by atoms with Crippen LogP contribution >= 0.6 is 0 Å². The number of Topliss-reactive ketones (excluding diaryl/α,β-unsaturated/α-hetero) is 1. The molecule has 1 aromatic carbocycles. The van der Waals surface area contributed by atoms with E-state index >= 15 is 0 Å². The number of aryl methyl sites for hydroxylation is 1. The Morgan fingerprint density at radius 2 is 1.64 bits per heavy atom. The maximum Gasteiger partial charge on any atom is 0.313 e. The topological polar surface area (TPSA) is 43.4 Å². The molecule has 0 amide bonds. The Bertz CT molecular complexity index is 544. The molecule has 0 aliphatic rings. The van der Waals surface area contributed by atoms with E-state index in [1.54, 1.807) is 0 Å². The van der Waals surface area contributed by atoms with Gasteiger partial charge < -0.3 is 4.74 Å². The second kappa shape index (κ2) is 8.72. The predicted molar refractivity (Wildman–Crippen MR) is 89.4 cm³/mol. The van der Waals surface area contributed by atoms with E-state index < -0.39 is 5.97 Å². The summed E-state index contributed by atoms with van der Waals surface area (Å²) in [5, 5.41) is 0. The van der Waals surface area contributed by atoms with Crippen LogP contribution in [0, 0.1) is 27.7 Å². The van der Waals surface area contributed by atoms with Crippen molar-refractivity contribution in [1.29, 1.82) is 0 Å². The monoisotopic (exact) mass is 304 g/mol. The van der Waals surface area contributed by atoms with Gasteiger partial charge in [0.2, 0.25) is 0 Å². The molecule has 0 spiro atoms. The Labute approximate surface area is 134 Å². The van der Waals surface area contributed by atoms with E-state index in [4.69, 9.17) is 4.74 Å². The maximum absolute atomic E-state index is 12.3. The normalized spacial score (nSPS) is 10.6. The van der Waals surface area contributed by atoms with Gasteiger partial charge in [-0.15, -0.1) is 0 Å². The van der Waals surface area contributed by atoms with Gasteiger partial charge in [-0.3, -0.25) is 9.59 Å². The molecule has 0 atom stereocenters. The summed E-state index contributed by atoms with van der Waals surface area (Å²) in [6, 6.07) is 1.88. The molecule has 1 rings (SSSR count). The fraction of sp³-hybridized carbons (Fsp3) is 0.579. The molecule has 0 fully saturated rings. The van der Waals surface area contributed by atoms with Crippen molar-refractivity contribution in [1.82, 2.24) is 0 Å². The van der Waals surface area contributed by atoms with Crippen molar-refractivity contribution >= 4 is 11.8 Å². The molecular formula is C19H28O3. The number of hydrogen-bond donors (Lipinski definition) is 0. The van der Waals surface area contributed by atoms with Crippen molar-refractivity contribution in [3.05, 3.63) is 33.9 Å². The predicted octanol–water partition coefficient (Wildman–Crippen LogP) is 4.62. The molecule has 3 heteroatoms. The van der Waals surface area contributed by atoms with E-state index in [1.807, 2.05) is 26.8 Å². The number of carbonyl (C=O) groups is 2. The Hall–Kier alpha value is -1.64. The van der Waals surface area contributed by atoms with Crippen LogP contribution in [0.4, 0.5) is 0 Å². The molecule has 0 aromatic heterocycles. The summed E-state index contributed by atoms with van der Waals surface area (Å²) in [6.07, 6.45) is 4.06. The number of carbonyl (C=O) groups excluding carboxylic acids is 2. The Balaban J connectivity index is 2.60. The molecule has 0 unspecified atom stereocenters. The molecular weight excluding hydrogens is 276 g/mol. The highest BCUT2D eigenvalue weighted by Gasteiger charge is 2.17. The average Bonchev–Trinajstić information content (AvgIpc) is 2.48. The zero-order valence-electron chi connectivity index (χ0n) is 14.5. The number of ketones is 1. The van der Waals surface area contributed by atoms with Crippen LogP contribution in [0.1, 0.15) is 71.6 Å². The minimum atomic E-state index is -0.420. The second-order valence-corrected chi connectivity index (χ2v) is 6.00. The first-order valence-electron chi connectivity index (χ1n) is 8.14. The summed E-state index contributed by atoms with van der Waals surface area (Å²) in [4.78, 5) is 24.1. The molecule has 22 heavy (non-hydrogen) atoms. The minimum Gasteiger partial charge on any atom is -0.465 e. The average molecular weight is 304 g/mol. The van der Waals surface area contributed by atoms with E-state index in [1.165, 1.54) is 5.56 Å². The van der Waals surface area contributed by atoms with Crippen LogP contribution in [0.15, 0.2) is 6.07 Å². The van der Waals surface area contributed by atoms with Crippen molar-refractivity contribution in [2.45, 2.75) is 66.7 Å². The number of hydrogen-bond acceptors (Lipinski definition) is 3. The first-order valence-corrected chi connectivity index (χ1v) is 8.14. The molecule has 122 valence electrons.